The molecule has 3 aromatic carbocycles. The summed E-state index contributed by atoms with van der Waals surface area (Å²) >= 11 is 5.89. The second-order valence-corrected chi connectivity index (χ2v) is 10.3. The Hall–Kier alpha value is -4.10. The largest absolute Gasteiger partial charge is 0.484 e. The summed E-state index contributed by atoms with van der Waals surface area (Å²) in [6.45, 7) is 6.55. The molecule has 0 spiro atoms. The van der Waals surface area contributed by atoms with Crippen molar-refractivity contribution in [2.75, 3.05) is 6.61 Å². The van der Waals surface area contributed by atoms with E-state index < -0.39 is 11.9 Å². The number of nitrogens with one attached hydrogen (secondary N) is 2. The minimum atomic E-state index is -0.746. The van der Waals surface area contributed by atoms with Gasteiger partial charge < -0.3 is 14.6 Å². The molecule has 0 fully saturated rings. The normalized spacial score (nSPS) is 12.1. The number of aromatic nitrogens is 1. The SMILES string of the molecule is Cc1c(/C=N\NC(=O)[C@@H](CC(C)C)NC(=O)COc2ccc(Cl)cc2)c2ccccc2n1Cc1ccccc1. The second kappa shape index (κ2) is 13.1. The molecule has 0 bridgehead atoms. The fourth-order valence-corrected chi connectivity index (χ4v) is 4.57. The van der Waals surface area contributed by atoms with Crippen LogP contribution < -0.4 is 15.5 Å². The number of hydrogen-bond donors (Lipinski definition) is 2. The minimum Gasteiger partial charge on any atom is -0.484 e. The predicted molar refractivity (Wildman–Crippen MR) is 156 cm³/mol. The van der Waals surface area contributed by atoms with Crippen molar-refractivity contribution in [3.63, 3.8) is 0 Å². The number of ether oxygens (including phenoxy) is 1. The quantitative estimate of drug-likeness (QED) is 0.187. The molecule has 0 saturated heterocycles. The lowest BCUT2D eigenvalue weighted by Gasteiger charge is -2.19. The highest BCUT2D eigenvalue weighted by Crippen LogP contribution is 2.25. The van der Waals surface area contributed by atoms with Crippen LogP contribution in [0.2, 0.25) is 5.02 Å². The standard InChI is InChI=1S/C31H33ClN4O3/c1-21(2)17-28(34-30(37)20-39-25-15-13-24(32)14-16-25)31(38)35-33-18-27-22(3)36(19-23-9-5-4-6-10-23)29-12-8-7-11-26(27)29/h4-16,18,21,28H,17,19-20H2,1-3H3,(H,34,37)(H,35,38)/b33-18-/t28-/m1/s1. The number of nitrogens with zero attached hydrogens (tertiary/aromatic N) is 2. The number of para-hydroxylation sites is 1. The van der Waals surface area contributed by atoms with Gasteiger partial charge in [-0.1, -0.05) is 74.0 Å². The minimum absolute atomic E-state index is 0.181. The average Bonchev–Trinajstić information content (AvgIpc) is 3.18. The van der Waals surface area contributed by atoms with Crippen LogP contribution in [-0.4, -0.2) is 35.2 Å². The third-order valence-electron chi connectivity index (χ3n) is 6.37. The first-order valence-corrected chi connectivity index (χ1v) is 13.3. The van der Waals surface area contributed by atoms with Crippen molar-refractivity contribution in [1.82, 2.24) is 15.3 Å². The molecule has 202 valence electrons. The van der Waals surface area contributed by atoms with Gasteiger partial charge in [0.25, 0.3) is 11.8 Å². The molecule has 0 aliphatic carbocycles. The lowest BCUT2D eigenvalue weighted by molar-refractivity contribution is -0.130. The van der Waals surface area contributed by atoms with E-state index in [0.29, 0.717) is 17.2 Å². The Kier molecular flexibility index (Phi) is 9.39. The molecule has 0 saturated carbocycles. The molecule has 0 aliphatic rings. The number of hydrazone groups is 1. The number of rotatable bonds is 11. The Morgan fingerprint density at radius 1 is 1.00 bits per heavy atom. The van der Waals surface area contributed by atoms with Crippen LogP contribution in [0, 0.1) is 12.8 Å². The maximum Gasteiger partial charge on any atom is 0.262 e. The van der Waals surface area contributed by atoms with Crippen LogP contribution in [0.4, 0.5) is 0 Å². The topological polar surface area (TPSA) is 84.7 Å². The second-order valence-electron chi connectivity index (χ2n) is 9.81. The molecule has 7 nitrogen and oxygen atoms in total. The summed E-state index contributed by atoms with van der Waals surface area (Å²) in [6, 6.07) is 24.4. The van der Waals surface area contributed by atoms with E-state index in [0.717, 1.165) is 28.7 Å². The monoisotopic (exact) mass is 544 g/mol. The first kappa shape index (κ1) is 27.9. The number of hydrogen-bond acceptors (Lipinski definition) is 4. The van der Waals surface area contributed by atoms with Crippen molar-refractivity contribution in [3.8, 4) is 5.75 Å². The smallest absolute Gasteiger partial charge is 0.262 e. The summed E-state index contributed by atoms with van der Waals surface area (Å²) in [5.41, 5.74) is 6.90. The van der Waals surface area contributed by atoms with Gasteiger partial charge in [0.1, 0.15) is 11.8 Å². The molecule has 0 radical (unpaired) electrons. The van der Waals surface area contributed by atoms with Gasteiger partial charge in [-0.2, -0.15) is 5.10 Å². The van der Waals surface area contributed by atoms with Crippen LogP contribution >= 0.6 is 11.6 Å². The zero-order valence-corrected chi connectivity index (χ0v) is 23.1. The van der Waals surface area contributed by atoms with E-state index in [1.165, 1.54) is 5.56 Å². The highest BCUT2D eigenvalue weighted by Gasteiger charge is 2.22. The molecule has 39 heavy (non-hydrogen) atoms. The molecule has 2 N–H and O–H groups in total. The van der Waals surface area contributed by atoms with Crippen LogP contribution in [0.1, 0.15) is 37.1 Å². The number of amides is 2. The summed E-state index contributed by atoms with van der Waals surface area (Å²) in [5.74, 6) is -0.0775. The number of carbonyl (C=O) groups excluding carboxylic acids is 2. The molecule has 0 aliphatic heterocycles. The summed E-state index contributed by atoms with van der Waals surface area (Å²) < 4.78 is 7.76. The first-order valence-electron chi connectivity index (χ1n) is 12.9. The van der Waals surface area contributed by atoms with Gasteiger partial charge in [0.05, 0.1) is 6.21 Å². The van der Waals surface area contributed by atoms with Crippen molar-refractivity contribution < 1.29 is 14.3 Å². The molecule has 8 heteroatoms. The third-order valence-corrected chi connectivity index (χ3v) is 6.63. The summed E-state index contributed by atoms with van der Waals surface area (Å²) in [5, 5.41) is 8.68. The summed E-state index contributed by atoms with van der Waals surface area (Å²) in [4.78, 5) is 25.5. The van der Waals surface area contributed by atoms with E-state index in [-0.39, 0.29) is 18.4 Å². The maximum atomic E-state index is 13.0. The van der Waals surface area contributed by atoms with Crippen molar-refractivity contribution in [2.24, 2.45) is 11.0 Å². The van der Waals surface area contributed by atoms with E-state index >= 15 is 0 Å². The fourth-order valence-electron chi connectivity index (χ4n) is 4.45. The molecule has 4 aromatic rings. The Labute approximate surface area is 233 Å². The van der Waals surface area contributed by atoms with Crippen LogP contribution in [0.25, 0.3) is 10.9 Å². The van der Waals surface area contributed by atoms with E-state index in [4.69, 9.17) is 16.3 Å². The molecule has 2 amide bonds. The van der Waals surface area contributed by atoms with Gasteiger partial charge in [-0.05, 0) is 55.2 Å². The molecular formula is C31H33ClN4O3. The Balaban J connectivity index is 1.44. The van der Waals surface area contributed by atoms with Gasteiger partial charge in [0, 0.05) is 33.7 Å². The molecule has 0 unspecified atom stereocenters. The zero-order chi connectivity index (χ0) is 27.8. The number of carbonyl (C=O) groups is 2. The molecule has 4 rings (SSSR count). The molecule has 1 atom stereocenters. The van der Waals surface area contributed by atoms with E-state index in [1.54, 1.807) is 30.5 Å². The lowest BCUT2D eigenvalue weighted by Crippen LogP contribution is -2.47. The van der Waals surface area contributed by atoms with Crippen molar-refractivity contribution in [3.05, 3.63) is 101 Å². The highest BCUT2D eigenvalue weighted by molar-refractivity contribution is 6.30. The van der Waals surface area contributed by atoms with Crippen LogP contribution in [0.3, 0.4) is 0 Å². The zero-order valence-electron chi connectivity index (χ0n) is 22.4. The van der Waals surface area contributed by atoms with Crippen molar-refractivity contribution in [1.29, 1.82) is 0 Å². The Bertz CT molecular complexity index is 1450. The Morgan fingerprint density at radius 3 is 2.41 bits per heavy atom. The lowest BCUT2D eigenvalue weighted by atomic mass is 10.0. The van der Waals surface area contributed by atoms with Crippen molar-refractivity contribution >= 4 is 40.5 Å². The Morgan fingerprint density at radius 2 is 1.69 bits per heavy atom. The van der Waals surface area contributed by atoms with Gasteiger partial charge in [-0.25, -0.2) is 5.43 Å². The van der Waals surface area contributed by atoms with E-state index in [2.05, 4.69) is 51.6 Å². The molecular weight excluding hydrogens is 512 g/mol. The predicted octanol–water partition coefficient (Wildman–Crippen LogP) is 5.71. The van der Waals surface area contributed by atoms with Crippen LogP contribution in [-0.2, 0) is 16.1 Å². The van der Waals surface area contributed by atoms with E-state index in [9.17, 15) is 9.59 Å². The summed E-state index contributed by atoms with van der Waals surface area (Å²) in [6.07, 6.45) is 2.14. The molecule has 1 heterocycles. The molecule has 1 aromatic heterocycles. The van der Waals surface area contributed by atoms with Crippen LogP contribution in [0.15, 0.2) is 84.0 Å². The third kappa shape index (κ3) is 7.48. The van der Waals surface area contributed by atoms with Gasteiger partial charge in [0.2, 0.25) is 0 Å². The van der Waals surface area contributed by atoms with Gasteiger partial charge in [-0.3, -0.25) is 9.59 Å². The van der Waals surface area contributed by atoms with Gasteiger partial charge >= 0.3 is 0 Å². The number of fused-ring (bicyclic) bond motifs is 1. The highest BCUT2D eigenvalue weighted by atomic mass is 35.5. The first-order chi connectivity index (χ1) is 18.8. The fraction of sp³-hybridized carbons (Fsp3) is 0.258. The maximum absolute atomic E-state index is 13.0. The van der Waals surface area contributed by atoms with Gasteiger partial charge in [0.15, 0.2) is 6.61 Å². The number of benzene rings is 3. The number of halogens is 1. The van der Waals surface area contributed by atoms with E-state index in [1.807, 2.05) is 44.2 Å². The summed E-state index contributed by atoms with van der Waals surface area (Å²) in [7, 11) is 0. The van der Waals surface area contributed by atoms with Crippen molar-refractivity contribution in [2.45, 2.75) is 39.8 Å². The van der Waals surface area contributed by atoms with Crippen LogP contribution in [0.5, 0.6) is 5.75 Å². The van der Waals surface area contributed by atoms with Gasteiger partial charge in [-0.15, -0.1) is 0 Å². The average molecular weight is 545 g/mol.